The molecule has 1 unspecified atom stereocenters. The Labute approximate surface area is 166 Å². The number of fused-ring (bicyclic) bond motifs is 2. The van der Waals surface area contributed by atoms with E-state index in [1.165, 1.54) is 10.4 Å². The molecule has 1 spiro atoms. The second-order valence-corrected chi connectivity index (χ2v) is 9.52. The fraction of sp³-hybridized carbons (Fsp3) is 0.450. The summed E-state index contributed by atoms with van der Waals surface area (Å²) in [5.74, 6) is -0.0402. The molecule has 3 heterocycles. The van der Waals surface area contributed by atoms with Gasteiger partial charge in [-0.25, -0.2) is 0 Å². The van der Waals surface area contributed by atoms with Crippen LogP contribution in [0, 0.1) is 0 Å². The molecular weight excluding hydrogens is 380 g/mol. The van der Waals surface area contributed by atoms with E-state index in [2.05, 4.69) is 10.6 Å². The molecule has 1 atom stereocenters. The van der Waals surface area contributed by atoms with Gasteiger partial charge in [-0.05, 0) is 61.7 Å². The lowest BCUT2D eigenvalue weighted by molar-refractivity contribution is -0.0771. The molecule has 27 heavy (non-hydrogen) atoms. The van der Waals surface area contributed by atoms with E-state index in [0.29, 0.717) is 6.54 Å². The molecule has 0 saturated carbocycles. The standard InChI is InChI=1S/C20H24N2O3S2/c1-27(24)16-4-2-14(3-5-16)13-22-19(23)17-12-15-6-11-25-20(18(15)26-17)7-9-21-10-8-20/h2-5,12,21H,6-11,13H2,1H3,(H,22,23). The highest BCUT2D eigenvalue weighted by Crippen LogP contribution is 2.44. The Bertz CT molecular complexity index is 855. The summed E-state index contributed by atoms with van der Waals surface area (Å²) in [6, 6.07) is 9.56. The highest BCUT2D eigenvalue weighted by atomic mass is 32.2. The fourth-order valence-corrected chi connectivity index (χ4v) is 5.65. The molecule has 2 aliphatic heterocycles. The molecule has 1 aromatic heterocycles. The summed E-state index contributed by atoms with van der Waals surface area (Å²) >= 11 is 1.59. The molecule has 1 amide bonds. The number of amides is 1. The van der Waals surface area contributed by atoms with Crippen LogP contribution in [0.5, 0.6) is 0 Å². The van der Waals surface area contributed by atoms with Crippen LogP contribution in [0.4, 0.5) is 0 Å². The van der Waals surface area contributed by atoms with Gasteiger partial charge in [-0.3, -0.25) is 9.00 Å². The van der Waals surface area contributed by atoms with E-state index in [0.717, 1.165) is 54.3 Å². The van der Waals surface area contributed by atoms with Gasteiger partial charge in [-0.1, -0.05) is 12.1 Å². The molecule has 144 valence electrons. The molecule has 2 N–H and O–H groups in total. The van der Waals surface area contributed by atoms with E-state index in [1.54, 1.807) is 17.6 Å². The number of carbonyl (C=O) groups excluding carboxylic acids is 1. The summed E-state index contributed by atoms with van der Waals surface area (Å²) in [5, 5.41) is 6.40. The van der Waals surface area contributed by atoms with E-state index in [4.69, 9.17) is 4.74 Å². The average Bonchev–Trinajstić information content (AvgIpc) is 3.13. The minimum absolute atomic E-state index is 0.0402. The van der Waals surface area contributed by atoms with Crippen molar-refractivity contribution in [3.63, 3.8) is 0 Å². The molecule has 0 aliphatic carbocycles. The lowest BCUT2D eigenvalue weighted by Crippen LogP contribution is -2.43. The van der Waals surface area contributed by atoms with Crippen molar-refractivity contribution in [2.24, 2.45) is 0 Å². The molecule has 1 saturated heterocycles. The summed E-state index contributed by atoms with van der Waals surface area (Å²) in [4.78, 5) is 15.5. The van der Waals surface area contributed by atoms with Gasteiger partial charge >= 0.3 is 0 Å². The van der Waals surface area contributed by atoms with Crippen LogP contribution in [-0.2, 0) is 34.1 Å². The molecule has 7 heteroatoms. The van der Waals surface area contributed by atoms with Crippen LogP contribution in [0.15, 0.2) is 35.2 Å². The van der Waals surface area contributed by atoms with Gasteiger partial charge in [-0.2, -0.15) is 0 Å². The maximum atomic E-state index is 12.7. The molecule has 0 radical (unpaired) electrons. The smallest absolute Gasteiger partial charge is 0.261 e. The quantitative estimate of drug-likeness (QED) is 0.822. The van der Waals surface area contributed by atoms with Crippen molar-refractivity contribution >= 4 is 28.0 Å². The predicted molar refractivity (Wildman–Crippen MR) is 108 cm³/mol. The molecule has 1 aromatic carbocycles. The Kier molecular flexibility index (Phi) is 5.45. The Morgan fingerprint density at radius 1 is 1.30 bits per heavy atom. The van der Waals surface area contributed by atoms with Gasteiger partial charge in [0.15, 0.2) is 0 Å². The Balaban J connectivity index is 1.46. The first kappa shape index (κ1) is 18.8. The van der Waals surface area contributed by atoms with E-state index >= 15 is 0 Å². The van der Waals surface area contributed by atoms with E-state index in [1.807, 2.05) is 30.3 Å². The van der Waals surface area contributed by atoms with E-state index in [9.17, 15) is 9.00 Å². The fourth-order valence-electron chi connectivity index (χ4n) is 3.80. The van der Waals surface area contributed by atoms with Crippen LogP contribution in [0.2, 0.25) is 0 Å². The molecule has 0 bridgehead atoms. The molecule has 2 aliphatic rings. The highest BCUT2D eigenvalue weighted by molar-refractivity contribution is 7.84. The molecule has 1 fully saturated rings. The third kappa shape index (κ3) is 3.87. The number of hydrogen-bond acceptors (Lipinski definition) is 5. The van der Waals surface area contributed by atoms with Crippen molar-refractivity contribution in [2.75, 3.05) is 26.0 Å². The number of piperidine rings is 1. The lowest BCUT2D eigenvalue weighted by atomic mass is 9.86. The van der Waals surface area contributed by atoms with Crippen molar-refractivity contribution in [1.82, 2.24) is 10.6 Å². The summed E-state index contributed by atoms with van der Waals surface area (Å²) in [5.41, 5.74) is 2.07. The van der Waals surface area contributed by atoms with Gasteiger partial charge in [0, 0.05) is 33.4 Å². The predicted octanol–water partition coefficient (Wildman–Crippen LogP) is 2.57. The molecular formula is C20H24N2O3S2. The van der Waals surface area contributed by atoms with Crippen LogP contribution in [0.1, 0.15) is 38.5 Å². The molecule has 4 rings (SSSR count). The summed E-state index contributed by atoms with van der Waals surface area (Å²) in [7, 11) is -0.983. The number of benzene rings is 1. The minimum Gasteiger partial charge on any atom is -0.369 e. The zero-order chi connectivity index (χ0) is 18.9. The lowest BCUT2D eigenvalue weighted by Gasteiger charge is -2.40. The van der Waals surface area contributed by atoms with Crippen molar-refractivity contribution in [3.05, 3.63) is 51.2 Å². The van der Waals surface area contributed by atoms with Gasteiger partial charge in [0.1, 0.15) is 5.60 Å². The van der Waals surface area contributed by atoms with Crippen LogP contribution in [-0.4, -0.2) is 36.1 Å². The minimum atomic E-state index is -0.983. The summed E-state index contributed by atoms with van der Waals surface area (Å²) < 4.78 is 17.7. The Morgan fingerprint density at radius 3 is 2.74 bits per heavy atom. The largest absolute Gasteiger partial charge is 0.369 e. The summed E-state index contributed by atoms with van der Waals surface area (Å²) in [6.07, 6.45) is 4.47. The molecule has 2 aromatic rings. The highest BCUT2D eigenvalue weighted by Gasteiger charge is 2.41. The van der Waals surface area contributed by atoms with Gasteiger partial charge in [0.25, 0.3) is 5.91 Å². The molecule has 5 nitrogen and oxygen atoms in total. The topological polar surface area (TPSA) is 67.4 Å². The van der Waals surface area contributed by atoms with Gasteiger partial charge in [0.2, 0.25) is 0 Å². The second kappa shape index (κ2) is 7.83. The number of nitrogens with one attached hydrogen (secondary N) is 2. The number of hydrogen-bond donors (Lipinski definition) is 2. The monoisotopic (exact) mass is 404 g/mol. The second-order valence-electron chi connectivity index (χ2n) is 7.09. The Hall–Kier alpha value is -1.54. The number of rotatable bonds is 4. The van der Waals surface area contributed by atoms with Gasteiger partial charge < -0.3 is 15.4 Å². The van der Waals surface area contributed by atoms with Gasteiger partial charge in [-0.15, -0.1) is 11.3 Å². The maximum Gasteiger partial charge on any atom is 0.261 e. The maximum absolute atomic E-state index is 12.7. The van der Waals surface area contributed by atoms with Gasteiger partial charge in [0.05, 0.1) is 11.5 Å². The van der Waals surface area contributed by atoms with E-state index in [-0.39, 0.29) is 11.5 Å². The SMILES string of the molecule is CS(=O)c1ccc(CNC(=O)c2cc3c(s2)C2(CCNCC2)OCC3)cc1. The van der Waals surface area contributed by atoms with Crippen molar-refractivity contribution in [2.45, 2.75) is 36.3 Å². The van der Waals surface area contributed by atoms with Crippen LogP contribution < -0.4 is 10.6 Å². The first-order valence-electron chi connectivity index (χ1n) is 9.26. The van der Waals surface area contributed by atoms with Crippen molar-refractivity contribution in [3.8, 4) is 0 Å². The number of ether oxygens (including phenoxy) is 1. The average molecular weight is 405 g/mol. The normalized spacial score (nSPS) is 19.4. The van der Waals surface area contributed by atoms with Crippen LogP contribution in [0.3, 0.4) is 0 Å². The van der Waals surface area contributed by atoms with Crippen molar-refractivity contribution in [1.29, 1.82) is 0 Å². The third-order valence-corrected chi connectivity index (χ3v) is 7.61. The number of thiophene rings is 1. The van der Waals surface area contributed by atoms with Crippen LogP contribution >= 0.6 is 11.3 Å². The number of carbonyl (C=O) groups is 1. The zero-order valence-electron chi connectivity index (χ0n) is 15.4. The zero-order valence-corrected chi connectivity index (χ0v) is 17.0. The van der Waals surface area contributed by atoms with E-state index < -0.39 is 10.8 Å². The first-order valence-corrected chi connectivity index (χ1v) is 11.6. The Morgan fingerprint density at radius 2 is 2.04 bits per heavy atom. The van der Waals surface area contributed by atoms with Crippen LogP contribution in [0.25, 0.3) is 0 Å². The third-order valence-electron chi connectivity index (χ3n) is 5.32. The first-order chi connectivity index (χ1) is 13.1. The summed E-state index contributed by atoms with van der Waals surface area (Å²) in [6.45, 7) is 3.11. The van der Waals surface area contributed by atoms with Crippen molar-refractivity contribution < 1.29 is 13.7 Å².